The zero-order valence-electron chi connectivity index (χ0n) is 12.5. The second-order valence-electron chi connectivity index (χ2n) is 5.81. The van der Waals surface area contributed by atoms with E-state index in [1.165, 1.54) is 19.3 Å². The van der Waals surface area contributed by atoms with Crippen LogP contribution in [0.15, 0.2) is 24.8 Å². The summed E-state index contributed by atoms with van der Waals surface area (Å²) in [6, 6.07) is 0.443. The lowest BCUT2D eigenvalue weighted by molar-refractivity contribution is 0.0849. The SMILES string of the molecule is C=C/C=C\C.CC1(C)CN(C2CCCCC2)C(=O)O1. The number of hydrogen-bond donors (Lipinski definition) is 0. The first-order valence-corrected chi connectivity index (χ1v) is 7.23. The van der Waals surface area contributed by atoms with Crippen LogP contribution in [0.2, 0.25) is 0 Å². The maximum Gasteiger partial charge on any atom is 0.410 e. The first-order valence-electron chi connectivity index (χ1n) is 7.23. The molecule has 1 amide bonds. The summed E-state index contributed by atoms with van der Waals surface area (Å²) in [6.45, 7) is 10.1. The predicted molar refractivity (Wildman–Crippen MR) is 79.2 cm³/mol. The summed E-state index contributed by atoms with van der Waals surface area (Å²) < 4.78 is 5.30. The molecule has 0 unspecified atom stereocenters. The van der Waals surface area contributed by atoms with Crippen molar-refractivity contribution in [2.75, 3.05) is 6.54 Å². The van der Waals surface area contributed by atoms with Gasteiger partial charge in [-0.05, 0) is 33.6 Å². The van der Waals surface area contributed by atoms with Crippen molar-refractivity contribution in [3.63, 3.8) is 0 Å². The molecule has 2 aliphatic rings. The van der Waals surface area contributed by atoms with Crippen LogP contribution in [0.3, 0.4) is 0 Å². The Morgan fingerprint density at radius 3 is 2.32 bits per heavy atom. The van der Waals surface area contributed by atoms with Gasteiger partial charge in [0, 0.05) is 6.04 Å². The first-order chi connectivity index (χ1) is 9.00. The number of hydrogen-bond acceptors (Lipinski definition) is 2. The molecule has 3 heteroatoms. The van der Waals surface area contributed by atoms with E-state index in [1.54, 1.807) is 6.08 Å². The second kappa shape index (κ2) is 7.37. The van der Waals surface area contributed by atoms with E-state index in [0.29, 0.717) is 6.04 Å². The Labute approximate surface area is 117 Å². The molecule has 1 heterocycles. The minimum atomic E-state index is -0.283. The quantitative estimate of drug-likeness (QED) is 0.697. The number of carbonyl (C=O) groups is 1. The van der Waals surface area contributed by atoms with Gasteiger partial charge in [-0.25, -0.2) is 4.79 Å². The molecule has 1 saturated carbocycles. The van der Waals surface area contributed by atoms with Crippen molar-refractivity contribution in [1.29, 1.82) is 0 Å². The molecule has 0 N–H and O–H groups in total. The van der Waals surface area contributed by atoms with Gasteiger partial charge < -0.3 is 9.64 Å². The summed E-state index contributed by atoms with van der Waals surface area (Å²) in [7, 11) is 0. The van der Waals surface area contributed by atoms with Crippen LogP contribution in [0.1, 0.15) is 52.9 Å². The summed E-state index contributed by atoms with van der Waals surface area (Å²) in [5.74, 6) is 0. The van der Waals surface area contributed by atoms with Gasteiger partial charge >= 0.3 is 6.09 Å². The van der Waals surface area contributed by atoms with Gasteiger partial charge in [0.15, 0.2) is 0 Å². The maximum atomic E-state index is 11.6. The molecule has 0 aromatic heterocycles. The number of allylic oxidation sites excluding steroid dienone is 3. The van der Waals surface area contributed by atoms with Crippen LogP contribution in [-0.2, 0) is 4.74 Å². The fourth-order valence-electron chi connectivity index (χ4n) is 2.61. The van der Waals surface area contributed by atoms with Crippen molar-refractivity contribution < 1.29 is 9.53 Å². The molecule has 0 aromatic carbocycles. The molecule has 0 atom stereocenters. The first kappa shape index (κ1) is 15.8. The molecule has 2 fully saturated rings. The average Bonchev–Trinajstić information content (AvgIpc) is 2.66. The Kier molecular flexibility index (Phi) is 6.13. The smallest absolute Gasteiger partial charge is 0.410 e. The minimum Gasteiger partial charge on any atom is -0.441 e. The van der Waals surface area contributed by atoms with Gasteiger partial charge in [0.05, 0.1) is 6.54 Å². The molecule has 1 aliphatic carbocycles. The van der Waals surface area contributed by atoms with Crippen LogP contribution < -0.4 is 0 Å². The van der Waals surface area contributed by atoms with Crippen LogP contribution >= 0.6 is 0 Å². The highest BCUT2D eigenvalue weighted by Crippen LogP contribution is 2.29. The molecule has 0 aromatic rings. The summed E-state index contributed by atoms with van der Waals surface area (Å²) in [6.07, 6.45) is 11.6. The summed E-state index contributed by atoms with van der Waals surface area (Å²) in [5, 5.41) is 0. The Bertz CT molecular complexity index is 328. The topological polar surface area (TPSA) is 29.5 Å². The lowest BCUT2D eigenvalue weighted by Gasteiger charge is -2.29. The molecule has 1 aliphatic heterocycles. The van der Waals surface area contributed by atoms with Crippen molar-refractivity contribution in [1.82, 2.24) is 4.90 Å². The van der Waals surface area contributed by atoms with Gasteiger partial charge in [0.25, 0.3) is 0 Å². The van der Waals surface area contributed by atoms with Crippen LogP contribution in [0.5, 0.6) is 0 Å². The predicted octanol–water partition coefficient (Wildman–Crippen LogP) is 4.30. The molecule has 3 nitrogen and oxygen atoms in total. The molecular formula is C16H27NO2. The molecule has 0 spiro atoms. The third kappa shape index (κ3) is 5.09. The Balaban J connectivity index is 0.000000312. The van der Waals surface area contributed by atoms with Crippen LogP contribution in [-0.4, -0.2) is 29.2 Å². The maximum absolute atomic E-state index is 11.6. The van der Waals surface area contributed by atoms with E-state index in [2.05, 4.69) is 6.58 Å². The lowest BCUT2D eigenvalue weighted by atomic mass is 9.94. The number of nitrogens with zero attached hydrogens (tertiary/aromatic N) is 1. The highest BCUT2D eigenvalue weighted by molar-refractivity contribution is 5.71. The van der Waals surface area contributed by atoms with E-state index in [0.717, 1.165) is 19.4 Å². The standard InChI is InChI=1S/C11H19NO2.C5H8/c1-11(2)8-12(10(13)14-11)9-6-4-3-5-7-9;1-3-5-4-2/h9H,3-8H2,1-2H3;3-5H,1H2,2H3/b;5-4-. The van der Waals surface area contributed by atoms with Gasteiger partial charge in [-0.1, -0.05) is 44.1 Å². The highest BCUT2D eigenvalue weighted by Gasteiger charge is 2.40. The van der Waals surface area contributed by atoms with E-state index in [4.69, 9.17) is 4.74 Å². The summed E-state index contributed by atoms with van der Waals surface area (Å²) in [4.78, 5) is 13.5. The minimum absolute atomic E-state index is 0.109. The number of ether oxygens (including phenoxy) is 1. The van der Waals surface area contributed by atoms with Crippen molar-refractivity contribution in [2.24, 2.45) is 0 Å². The van der Waals surface area contributed by atoms with E-state index in [9.17, 15) is 4.79 Å². The Hall–Kier alpha value is -1.25. The summed E-state index contributed by atoms with van der Waals surface area (Å²) >= 11 is 0. The number of carbonyl (C=O) groups excluding carboxylic acids is 1. The summed E-state index contributed by atoms with van der Waals surface area (Å²) in [5.41, 5.74) is -0.283. The molecule has 19 heavy (non-hydrogen) atoms. The zero-order chi connectivity index (χ0) is 14.3. The van der Waals surface area contributed by atoms with E-state index >= 15 is 0 Å². The fourth-order valence-corrected chi connectivity index (χ4v) is 2.61. The Morgan fingerprint density at radius 1 is 1.32 bits per heavy atom. The highest BCUT2D eigenvalue weighted by atomic mass is 16.6. The van der Waals surface area contributed by atoms with E-state index in [1.807, 2.05) is 37.8 Å². The number of amides is 1. The van der Waals surface area contributed by atoms with E-state index in [-0.39, 0.29) is 11.7 Å². The van der Waals surface area contributed by atoms with Gasteiger partial charge in [0.1, 0.15) is 5.60 Å². The molecule has 1 saturated heterocycles. The number of rotatable bonds is 2. The number of cyclic esters (lactones) is 1. The van der Waals surface area contributed by atoms with Crippen molar-refractivity contribution in [3.8, 4) is 0 Å². The Morgan fingerprint density at radius 2 is 1.95 bits per heavy atom. The van der Waals surface area contributed by atoms with Crippen molar-refractivity contribution in [2.45, 2.75) is 64.5 Å². The van der Waals surface area contributed by atoms with E-state index < -0.39 is 0 Å². The lowest BCUT2D eigenvalue weighted by Crippen LogP contribution is -2.38. The second-order valence-corrected chi connectivity index (χ2v) is 5.81. The van der Waals surface area contributed by atoms with Crippen LogP contribution in [0.25, 0.3) is 0 Å². The monoisotopic (exact) mass is 265 g/mol. The third-order valence-electron chi connectivity index (χ3n) is 3.49. The van der Waals surface area contributed by atoms with Crippen molar-refractivity contribution in [3.05, 3.63) is 24.8 Å². The van der Waals surface area contributed by atoms with Crippen LogP contribution in [0.4, 0.5) is 4.79 Å². The van der Waals surface area contributed by atoms with Gasteiger partial charge in [0.2, 0.25) is 0 Å². The van der Waals surface area contributed by atoms with Gasteiger partial charge in [-0.2, -0.15) is 0 Å². The van der Waals surface area contributed by atoms with Crippen LogP contribution in [0, 0.1) is 0 Å². The zero-order valence-corrected chi connectivity index (χ0v) is 12.5. The average molecular weight is 265 g/mol. The molecule has 108 valence electrons. The molecule has 0 radical (unpaired) electrons. The third-order valence-corrected chi connectivity index (χ3v) is 3.49. The van der Waals surface area contributed by atoms with Gasteiger partial charge in [-0.15, -0.1) is 0 Å². The normalized spacial score (nSPS) is 22.9. The molecular weight excluding hydrogens is 238 g/mol. The van der Waals surface area contributed by atoms with Crippen molar-refractivity contribution >= 4 is 6.09 Å². The largest absolute Gasteiger partial charge is 0.441 e. The molecule has 2 rings (SSSR count). The molecule has 0 bridgehead atoms. The van der Waals surface area contributed by atoms with Gasteiger partial charge in [-0.3, -0.25) is 0 Å². The fraction of sp³-hybridized carbons (Fsp3) is 0.688.